The molecule has 32 heavy (non-hydrogen) atoms. The summed E-state index contributed by atoms with van der Waals surface area (Å²) < 4.78 is 12.9. The average molecular weight is 454 g/mol. The molecule has 0 radical (unpaired) electrons. The summed E-state index contributed by atoms with van der Waals surface area (Å²) in [5.41, 5.74) is 3.03. The van der Waals surface area contributed by atoms with E-state index in [1.807, 2.05) is 52.7 Å². The first-order valence-corrected chi connectivity index (χ1v) is 11.4. The summed E-state index contributed by atoms with van der Waals surface area (Å²) in [6.45, 7) is 0.342. The molecule has 3 aromatic rings. The van der Waals surface area contributed by atoms with Crippen molar-refractivity contribution in [2.45, 2.75) is 31.5 Å². The Balaban J connectivity index is 1.65. The quantitative estimate of drug-likeness (QED) is 0.596. The Morgan fingerprint density at radius 3 is 2.44 bits per heavy atom. The molecule has 1 N–H and O–H groups in total. The van der Waals surface area contributed by atoms with E-state index in [1.165, 1.54) is 0 Å². The summed E-state index contributed by atoms with van der Waals surface area (Å²) in [6, 6.07) is 9.05. The van der Waals surface area contributed by atoms with Gasteiger partial charge in [0, 0.05) is 32.4 Å². The van der Waals surface area contributed by atoms with Crippen molar-refractivity contribution >= 4 is 23.2 Å². The predicted octanol–water partition coefficient (Wildman–Crippen LogP) is 3.25. The number of thiophene rings is 1. The number of likely N-dealkylation sites (N-methyl/N-ethyl adjacent to an activating group) is 1. The van der Waals surface area contributed by atoms with Gasteiger partial charge in [0.2, 0.25) is 11.8 Å². The van der Waals surface area contributed by atoms with Crippen LogP contribution in [0.2, 0.25) is 0 Å². The third-order valence-corrected chi connectivity index (χ3v) is 6.69. The molecule has 8 heteroatoms. The van der Waals surface area contributed by atoms with Crippen LogP contribution in [-0.2, 0) is 22.6 Å². The number of ether oxygens (including phenoxy) is 2. The zero-order chi connectivity index (χ0) is 22.7. The molecule has 2 amide bonds. The van der Waals surface area contributed by atoms with Gasteiger partial charge in [-0.05, 0) is 57.8 Å². The van der Waals surface area contributed by atoms with Gasteiger partial charge in [0.15, 0.2) is 11.5 Å². The van der Waals surface area contributed by atoms with Crippen LogP contribution in [0.15, 0.2) is 53.5 Å². The minimum Gasteiger partial charge on any atom is -0.493 e. The molecule has 1 aromatic carbocycles. The molecule has 168 valence electrons. The third-order valence-electron chi connectivity index (χ3n) is 5.99. The Morgan fingerprint density at radius 1 is 1.16 bits per heavy atom. The van der Waals surface area contributed by atoms with Crippen LogP contribution in [0.25, 0.3) is 0 Å². The normalized spacial score (nSPS) is 16.2. The van der Waals surface area contributed by atoms with Gasteiger partial charge in [-0.1, -0.05) is 0 Å². The van der Waals surface area contributed by atoms with Gasteiger partial charge in [-0.2, -0.15) is 11.3 Å². The Labute approximate surface area is 191 Å². The Morgan fingerprint density at radius 2 is 1.84 bits per heavy atom. The van der Waals surface area contributed by atoms with E-state index in [4.69, 9.17) is 9.47 Å². The number of aromatic nitrogens is 1. The van der Waals surface area contributed by atoms with E-state index in [-0.39, 0.29) is 24.3 Å². The maximum absolute atomic E-state index is 13.6. The molecule has 3 heterocycles. The Bertz CT molecular complexity index is 1040. The third kappa shape index (κ3) is 4.23. The highest BCUT2D eigenvalue weighted by atomic mass is 32.1. The monoisotopic (exact) mass is 453 g/mol. The number of carbonyl (C=O) groups is 2. The SMILES string of the molecule is CNC(=O)[C@@H]1Cc2cc(OC)c(OC)cc2CN1C(=O)CC(c1ccsc1)n1cccc1. The highest BCUT2D eigenvalue weighted by Crippen LogP contribution is 2.35. The van der Waals surface area contributed by atoms with Crippen LogP contribution in [-0.4, -0.2) is 48.6 Å². The Hall–Kier alpha value is -3.26. The number of nitrogens with zero attached hydrogens (tertiary/aromatic N) is 2. The minimum atomic E-state index is -0.578. The molecule has 0 bridgehead atoms. The minimum absolute atomic E-state index is 0.0658. The second-order valence-corrected chi connectivity index (χ2v) is 8.52. The second-order valence-electron chi connectivity index (χ2n) is 7.74. The molecule has 4 rings (SSSR count). The lowest BCUT2D eigenvalue weighted by Crippen LogP contribution is -2.52. The average Bonchev–Trinajstić information content (AvgIpc) is 3.54. The van der Waals surface area contributed by atoms with E-state index >= 15 is 0 Å². The smallest absolute Gasteiger partial charge is 0.242 e. The van der Waals surface area contributed by atoms with Crippen molar-refractivity contribution in [2.75, 3.05) is 21.3 Å². The van der Waals surface area contributed by atoms with E-state index in [0.29, 0.717) is 24.5 Å². The second kappa shape index (κ2) is 9.48. The van der Waals surface area contributed by atoms with Crippen molar-refractivity contribution in [2.24, 2.45) is 0 Å². The van der Waals surface area contributed by atoms with Crippen molar-refractivity contribution in [1.29, 1.82) is 0 Å². The fraction of sp³-hybridized carbons (Fsp3) is 0.333. The van der Waals surface area contributed by atoms with Crippen LogP contribution in [0.3, 0.4) is 0 Å². The lowest BCUT2D eigenvalue weighted by atomic mass is 9.92. The molecular weight excluding hydrogens is 426 g/mol. The van der Waals surface area contributed by atoms with Crippen LogP contribution >= 0.6 is 11.3 Å². The van der Waals surface area contributed by atoms with Crippen LogP contribution in [0.1, 0.15) is 29.2 Å². The lowest BCUT2D eigenvalue weighted by Gasteiger charge is -2.37. The van der Waals surface area contributed by atoms with Gasteiger partial charge in [-0.15, -0.1) is 0 Å². The first kappa shape index (κ1) is 22.0. The van der Waals surface area contributed by atoms with Crippen molar-refractivity contribution in [3.05, 3.63) is 70.2 Å². The van der Waals surface area contributed by atoms with Crippen LogP contribution in [0.5, 0.6) is 11.5 Å². The largest absolute Gasteiger partial charge is 0.493 e. The number of methoxy groups -OCH3 is 2. The van der Waals surface area contributed by atoms with Crippen LogP contribution < -0.4 is 14.8 Å². The highest BCUT2D eigenvalue weighted by molar-refractivity contribution is 7.08. The summed E-state index contributed by atoms with van der Waals surface area (Å²) in [5, 5.41) is 6.80. The molecule has 1 aliphatic rings. The maximum atomic E-state index is 13.6. The van der Waals surface area contributed by atoms with Crippen molar-refractivity contribution in [3.8, 4) is 11.5 Å². The summed E-state index contributed by atoms with van der Waals surface area (Å²) >= 11 is 1.61. The molecule has 2 atom stereocenters. The van der Waals surface area contributed by atoms with Crippen molar-refractivity contribution < 1.29 is 19.1 Å². The van der Waals surface area contributed by atoms with Crippen molar-refractivity contribution in [3.63, 3.8) is 0 Å². The standard InChI is InChI=1S/C24H27N3O4S/c1-25-24(29)20-10-17-11-21(30-2)22(31-3)12-18(17)14-27(20)23(28)13-19(16-6-9-32-15-16)26-7-4-5-8-26/h4-9,11-12,15,19-20H,10,13-14H2,1-3H3,(H,25,29)/t19?,20-/m0/s1. The zero-order valence-corrected chi connectivity index (χ0v) is 19.2. The fourth-order valence-corrected chi connectivity index (χ4v) is 4.98. The molecule has 0 fully saturated rings. The molecule has 0 spiro atoms. The summed E-state index contributed by atoms with van der Waals surface area (Å²) in [5.74, 6) is 0.989. The van der Waals surface area contributed by atoms with E-state index in [9.17, 15) is 9.59 Å². The predicted molar refractivity (Wildman–Crippen MR) is 123 cm³/mol. The van der Waals surface area contributed by atoms with Gasteiger partial charge in [0.05, 0.1) is 26.7 Å². The Kier molecular flexibility index (Phi) is 6.50. The van der Waals surface area contributed by atoms with Crippen LogP contribution in [0.4, 0.5) is 0 Å². The number of benzene rings is 1. The summed E-state index contributed by atoms with van der Waals surface area (Å²) in [4.78, 5) is 28.0. The number of fused-ring (bicyclic) bond motifs is 1. The van der Waals surface area contributed by atoms with E-state index in [2.05, 4.69) is 10.7 Å². The van der Waals surface area contributed by atoms with Gasteiger partial charge < -0.3 is 24.3 Å². The van der Waals surface area contributed by atoms with Gasteiger partial charge in [-0.3, -0.25) is 9.59 Å². The first-order chi connectivity index (χ1) is 15.5. The number of hydrogen-bond donors (Lipinski definition) is 1. The van der Waals surface area contributed by atoms with Gasteiger partial charge in [-0.25, -0.2) is 0 Å². The fourth-order valence-electron chi connectivity index (χ4n) is 4.27. The van der Waals surface area contributed by atoms with E-state index in [1.54, 1.807) is 37.5 Å². The zero-order valence-electron chi connectivity index (χ0n) is 18.4. The number of hydrogen-bond acceptors (Lipinski definition) is 5. The lowest BCUT2D eigenvalue weighted by molar-refractivity contribution is -0.142. The number of amides is 2. The number of nitrogens with one attached hydrogen (secondary N) is 1. The maximum Gasteiger partial charge on any atom is 0.242 e. The number of rotatable bonds is 7. The molecule has 1 unspecified atom stereocenters. The first-order valence-electron chi connectivity index (χ1n) is 10.4. The van der Waals surface area contributed by atoms with E-state index < -0.39 is 6.04 Å². The number of carbonyl (C=O) groups excluding carboxylic acids is 2. The molecule has 0 saturated carbocycles. The molecular formula is C24H27N3O4S. The van der Waals surface area contributed by atoms with Gasteiger partial charge >= 0.3 is 0 Å². The molecule has 0 aliphatic carbocycles. The summed E-state index contributed by atoms with van der Waals surface area (Å²) in [7, 11) is 4.78. The van der Waals surface area contributed by atoms with E-state index in [0.717, 1.165) is 16.7 Å². The molecule has 2 aromatic heterocycles. The van der Waals surface area contributed by atoms with Gasteiger partial charge in [0.25, 0.3) is 0 Å². The van der Waals surface area contributed by atoms with Crippen molar-refractivity contribution in [1.82, 2.24) is 14.8 Å². The molecule has 0 saturated heterocycles. The highest BCUT2D eigenvalue weighted by Gasteiger charge is 2.36. The molecule has 7 nitrogen and oxygen atoms in total. The molecule has 1 aliphatic heterocycles. The summed E-state index contributed by atoms with van der Waals surface area (Å²) in [6.07, 6.45) is 4.62. The van der Waals surface area contributed by atoms with Crippen LogP contribution in [0, 0.1) is 0 Å². The van der Waals surface area contributed by atoms with Gasteiger partial charge in [0.1, 0.15) is 6.04 Å². The topological polar surface area (TPSA) is 72.8 Å².